The van der Waals surface area contributed by atoms with E-state index in [1.807, 2.05) is 23.8 Å². The molecule has 4 heteroatoms. The number of benzene rings is 1. The average Bonchev–Trinajstić information content (AvgIpc) is 2.83. The highest BCUT2D eigenvalue weighted by molar-refractivity contribution is 7.09. The standard InChI is InChI=1S/C13H15FN2S/c1-9(11-3-5-12(14)6-4-11)16-10(2)13-7-15-8-17-13/h3-10,16H,1-2H3. The van der Waals surface area contributed by atoms with Gasteiger partial charge in [0.1, 0.15) is 5.82 Å². The molecule has 1 aromatic heterocycles. The number of aromatic nitrogens is 1. The molecule has 90 valence electrons. The topological polar surface area (TPSA) is 24.9 Å². The Kier molecular flexibility index (Phi) is 3.86. The van der Waals surface area contributed by atoms with Gasteiger partial charge >= 0.3 is 0 Å². The minimum Gasteiger partial charge on any atom is -0.303 e. The van der Waals surface area contributed by atoms with E-state index in [2.05, 4.69) is 24.1 Å². The molecule has 1 aromatic carbocycles. The highest BCUT2D eigenvalue weighted by Gasteiger charge is 2.12. The van der Waals surface area contributed by atoms with Gasteiger partial charge in [0.25, 0.3) is 0 Å². The molecule has 0 bridgehead atoms. The number of thiazole rings is 1. The molecule has 0 aliphatic carbocycles. The van der Waals surface area contributed by atoms with Gasteiger partial charge in [0.15, 0.2) is 0 Å². The van der Waals surface area contributed by atoms with Crippen LogP contribution < -0.4 is 5.32 Å². The Morgan fingerprint density at radius 1 is 1.18 bits per heavy atom. The molecule has 0 spiro atoms. The van der Waals surface area contributed by atoms with Crippen molar-refractivity contribution in [2.24, 2.45) is 0 Å². The van der Waals surface area contributed by atoms with Gasteiger partial charge in [-0.2, -0.15) is 0 Å². The van der Waals surface area contributed by atoms with Gasteiger partial charge in [0.05, 0.1) is 5.51 Å². The fourth-order valence-corrected chi connectivity index (χ4v) is 2.38. The van der Waals surface area contributed by atoms with E-state index in [-0.39, 0.29) is 17.9 Å². The fourth-order valence-electron chi connectivity index (χ4n) is 1.74. The van der Waals surface area contributed by atoms with Crippen LogP contribution in [-0.4, -0.2) is 4.98 Å². The number of nitrogens with one attached hydrogen (secondary N) is 1. The molecule has 0 radical (unpaired) electrons. The molecule has 2 aromatic rings. The van der Waals surface area contributed by atoms with E-state index >= 15 is 0 Å². The minimum atomic E-state index is -0.198. The van der Waals surface area contributed by atoms with Crippen molar-refractivity contribution in [3.8, 4) is 0 Å². The Balaban J connectivity index is 2.01. The van der Waals surface area contributed by atoms with Crippen LogP contribution in [0.1, 0.15) is 36.4 Å². The summed E-state index contributed by atoms with van der Waals surface area (Å²) in [6, 6.07) is 7.05. The summed E-state index contributed by atoms with van der Waals surface area (Å²) in [7, 11) is 0. The maximum absolute atomic E-state index is 12.8. The number of hydrogen-bond acceptors (Lipinski definition) is 3. The van der Waals surface area contributed by atoms with Crippen LogP contribution in [0.3, 0.4) is 0 Å². The van der Waals surface area contributed by atoms with E-state index in [1.165, 1.54) is 17.0 Å². The van der Waals surface area contributed by atoms with Crippen molar-refractivity contribution in [1.29, 1.82) is 0 Å². The fraction of sp³-hybridized carbons (Fsp3) is 0.308. The first kappa shape index (κ1) is 12.2. The van der Waals surface area contributed by atoms with E-state index in [1.54, 1.807) is 11.3 Å². The second kappa shape index (κ2) is 5.38. The first-order valence-corrected chi connectivity index (χ1v) is 6.44. The Morgan fingerprint density at radius 2 is 1.88 bits per heavy atom. The van der Waals surface area contributed by atoms with E-state index in [0.29, 0.717) is 0 Å². The molecule has 0 aliphatic heterocycles. The van der Waals surface area contributed by atoms with Crippen LogP contribution in [0.5, 0.6) is 0 Å². The molecule has 2 nitrogen and oxygen atoms in total. The summed E-state index contributed by atoms with van der Waals surface area (Å²) in [5, 5.41) is 3.47. The Hall–Kier alpha value is -1.26. The lowest BCUT2D eigenvalue weighted by Gasteiger charge is -2.19. The van der Waals surface area contributed by atoms with E-state index in [4.69, 9.17) is 0 Å². The van der Waals surface area contributed by atoms with Crippen molar-refractivity contribution >= 4 is 11.3 Å². The number of nitrogens with zero attached hydrogens (tertiary/aromatic N) is 1. The molecule has 2 rings (SSSR count). The van der Waals surface area contributed by atoms with Gasteiger partial charge in [0.2, 0.25) is 0 Å². The van der Waals surface area contributed by atoms with Crippen molar-refractivity contribution < 1.29 is 4.39 Å². The van der Waals surface area contributed by atoms with Gasteiger partial charge in [-0.1, -0.05) is 12.1 Å². The van der Waals surface area contributed by atoms with Gasteiger partial charge in [-0.3, -0.25) is 4.98 Å². The summed E-state index contributed by atoms with van der Waals surface area (Å²) >= 11 is 1.64. The average molecular weight is 250 g/mol. The molecule has 0 saturated heterocycles. The predicted octanol–water partition coefficient (Wildman–Crippen LogP) is 3.69. The normalized spacial score (nSPS) is 14.5. The van der Waals surface area contributed by atoms with E-state index in [0.717, 1.165) is 5.56 Å². The molecule has 0 fully saturated rings. The molecule has 1 N–H and O–H groups in total. The molecule has 0 saturated carbocycles. The lowest BCUT2D eigenvalue weighted by atomic mass is 10.1. The zero-order valence-corrected chi connectivity index (χ0v) is 10.7. The third kappa shape index (κ3) is 3.11. The molecular weight excluding hydrogens is 235 g/mol. The van der Waals surface area contributed by atoms with Gasteiger partial charge in [-0.15, -0.1) is 11.3 Å². The largest absolute Gasteiger partial charge is 0.303 e. The van der Waals surface area contributed by atoms with Crippen molar-refractivity contribution in [1.82, 2.24) is 10.3 Å². The van der Waals surface area contributed by atoms with Crippen LogP contribution in [0.15, 0.2) is 36.0 Å². The maximum Gasteiger partial charge on any atom is 0.123 e. The molecule has 2 unspecified atom stereocenters. The molecular formula is C13H15FN2S. The van der Waals surface area contributed by atoms with Gasteiger partial charge in [0, 0.05) is 23.2 Å². The zero-order chi connectivity index (χ0) is 12.3. The number of rotatable bonds is 4. The Labute approximate surface area is 105 Å². The summed E-state index contributed by atoms with van der Waals surface area (Å²) in [6.07, 6.45) is 1.87. The smallest absolute Gasteiger partial charge is 0.123 e. The van der Waals surface area contributed by atoms with Crippen molar-refractivity contribution in [3.05, 3.63) is 52.2 Å². The lowest BCUT2D eigenvalue weighted by Crippen LogP contribution is -2.21. The van der Waals surface area contributed by atoms with E-state index in [9.17, 15) is 4.39 Å². The van der Waals surface area contributed by atoms with Crippen molar-refractivity contribution in [2.75, 3.05) is 0 Å². The third-order valence-corrected chi connectivity index (χ3v) is 3.71. The first-order valence-electron chi connectivity index (χ1n) is 5.56. The maximum atomic E-state index is 12.8. The van der Waals surface area contributed by atoms with Crippen LogP contribution in [0.25, 0.3) is 0 Å². The van der Waals surface area contributed by atoms with Crippen LogP contribution in [0, 0.1) is 5.82 Å². The highest BCUT2D eigenvalue weighted by atomic mass is 32.1. The molecule has 1 heterocycles. The van der Waals surface area contributed by atoms with Crippen LogP contribution in [-0.2, 0) is 0 Å². The Bertz CT molecular complexity index is 453. The van der Waals surface area contributed by atoms with Gasteiger partial charge < -0.3 is 5.32 Å². The molecule has 17 heavy (non-hydrogen) atoms. The molecule has 2 atom stereocenters. The van der Waals surface area contributed by atoms with Crippen LogP contribution in [0.4, 0.5) is 4.39 Å². The lowest BCUT2D eigenvalue weighted by molar-refractivity contribution is 0.498. The van der Waals surface area contributed by atoms with Crippen LogP contribution >= 0.6 is 11.3 Å². The summed E-state index contributed by atoms with van der Waals surface area (Å²) < 4.78 is 12.8. The monoisotopic (exact) mass is 250 g/mol. The summed E-state index contributed by atoms with van der Waals surface area (Å²) in [5.74, 6) is -0.198. The Morgan fingerprint density at radius 3 is 2.47 bits per heavy atom. The van der Waals surface area contributed by atoms with Crippen LogP contribution in [0.2, 0.25) is 0 Å². The van der Waals surface area contributed by atoms with E-state index < -0.39 is 0 Å². The SMILES string of the molecule is CC(NC(C)c1cncs1)c1ccc(F)cc1. The number of halogens is 1. The third-order valence-electron chi connectivity index (χ3n) is 2.75. The molecule has 0 aliphatic rings. The summed E-state index contributed by atoms with van der Waals surface area (Å²) in [6.45, 7) is 4.18. The van der Waals surface area contributed by atoms with Gasteiger partial charge in [-0.25, -0.2) is 4.39 Å². The van der Waals surface area contributed by atoms with Crippen molar-refractivity contribution in [2.45, 2.75) is 25.9 Å². The number of hydrogen-bond donors (Lipinski definition) is 1. The minimum absolute atomic E-state index is 0.188. The van der Waals surface area contributed by atoms with Crippen molar-refractivity contribution in [3.63, 3.8) is 0 Å². The quantitative estimate of drug-likeness (QED) is 0.895. The molecule has 0 amide bonds. The first-order chi connectivity index (χ1) is 8.16. The predicted molar refractivity (Wildman–Crippen MR) is 68.5 cm³/mol. The zero-order valence-electron chi connectivity index (χ0n) is 9.85. The second-order valence-corrected chi connectivity index (χ2v) is 4.98. The summed E-state index contributed by atoms with van der Waals surface area (Å²) in [4.78, 5) is 5.27. The highest BCUT2D eigenvalue weighted by Crippen LogP contribution is 2.21. The second-order valence-electron chi connectivity index (χ2n) is 4.07. The summed E-state index contributed by atoms with van der Waals surface area (Å²) in [5.41, 5.74) is 2.92. The van der Waals surface area contributed by atoms with Gasteiger partial charge in [-0.05, 0) is 31.5 Å².